The third-order valence-corrected chi connectivity index (χ3v) is 7.38. The Bertz CT molecular complexity index is 661. The first-order valence-electron chi connectivity index (χ1n) is 12.9. The molecule has 0 radical (unpaired) electrons. The highest BCUT2D eigenvalue weighted by atomic mass is 127. The van der Waals surface area contributed by atoms with Gasteiger partial charge in [-0.25, -0.2) is 4.79 Å². The third-order valence-electron chi connectivity index (χ3n) is 7.38. The maximum atomic E-state index is 12.5. The zero-order valence-corrected chi connectivity index (χ0v) is 23.2. The van der Waals surface area contributed by atoms with Crippen molar-refractivity contribution in [2.75, 3.05) is 39.3 Å². The van der Waals surface area contributed by atoms with Crippen LogP contribution >= 0.6 is 24.0 Å². The monoisotopic (exact) mass is 576 g/mol. The largest absolute Gasteiger partial charge is 0.357 e. The number of guanidine groups is 1. The second-order valence-corrected chi connectivity index (χ2v) is 9.91. The van der Waals surface area contributed by atoms with Crippen molar-refractivity contribution in [1.29, 1.82) is 0 Å². The molecule has 3 rings (SSSR count). The Labute approximate surface area is 217 Å². The second kappa shape index (κ2) is 13.7. The van der Waals surface area contributed by atoms with Crippen LogP contribution in [0.15, 0.2) is 4.99 Å². The standard InChI is InChI=1S/C24H44N6O2.HI/c1-4-24(3)21(31)30(23(32)28-24)15-9-14-26-22(25-5-2)27-20-12-16-29(17-13-20)18-19-10-7-6-8-11-19;/h19-20H,4-18H2,1-3H3,(H,28,32)(H2,25,26,27);1H. The van der Waals surface area contributed by atoms with E-state index in [9.17, 15) is 9.59 Å². The Morgan fingerprint density at radius 1 is 1.12 bits per heavy atom. The zero-order chi connectivity index (χ0) is 23.0. The number of piperidine rings is 1. The average molecular weight is 577 g/mol. The number of hydrogen-bond acceptors (Lipinski definition) is 4. The molecule has 1 saturated carbocycles. The summed E-state index contributed by atoms with van der Waals surface area (Å²) < 4.78 is 0. The number of aliphatic imine (C=N–C) groups is 1. The van der Waals surface area contributed by atoms with E-state index in [1.165, 1.54) is 43.5 Å². The van der Waals surface area contributed by atoms with E-state index >= 15 is 0 Å². The summed E-state index contributed by atoms with van der Waals surface area (Å²) in [5.74, 6) is 1.62. The number of rotatable bonds is 9. The summed E-state index contributed by atoms with van der Waals surface area (Å²) in [7, 11) is 0. The number of carbonyl (C=O) groups excluding carboxylic acids is 2. The van der Waals surface area contributed by atoms with Crippen molar-refractivity contribution >= 4 is 41.9 Å². The molecular formula is C24H45IN6O2. The lowest BCUT2D eigenvalue weighted by molar-refractivity contribution is -0.130. The van der Waals surface area contributed by atoms with Gasteiger partial charge >= 0.3 is 6.03 Å². The van der Waals surface area contributed by atoms with Crippen LogP contribution in [0, 0.1) is 5.92 Å². The molecular weight excluding hydrogens is 531 g/mol. The molecule has 0 aromatic heterocycles. The lowest BCUT2D eigenvalue weighted by Gasteiger charge is -2.36. The molecule has 0 spiro atoms. The van der Waals surface area contributed by atoms with Gasteiger partial charge in [0.15, 0.2) is 5.96 Å². The Kier molecular flexibility index (Phi) is 11.7. The summed E-state index contributed by atoms with van der Waals surface area (Å²) in [6.07, 6.45) is 10.6. The summed E-state index contributed by atoms with van der Waals surface area (Å²) in [4.78, 5) is 33.3. The summed E-state index contributed by atoms with van der Waals surface area (Å²) in [6, 6.07) is 0.167. The quantitative estimate of drug-likeness (QED) is 0.129. The summed E-state index contributed by atoms with van der Waals surface area (Å²) >= 11 is 0. The van der Waals surface area contributed by atoms with Gasteiger partial charge < -0.3 is 20.9 Å². The average Bonchev–Trinajstić information content (AvgIpc) is 3.02. The molecule has 0 bridgehead atoms. The Hall–Kier alpha value is -1.10. The summed E-state index contributed by atoms with van der Waals surface area (Å²) in [6.45, 7) is 11.2. The smallest absolute Gasteiger partial charge is 0.325 e. The number of urea groups is 1. The molecule has 3 fully saturated rings. The van der Waals surface area contributed by atoms with E-state index in [-0.39, 0.29) is 35.9 Å². The molecule has 8 nitrogen and oxygen atoms in total. The van der Waals surface area contributed by atoms with Crippen LogP contribution in [0.5, 0.6) is 0 Å². The van der Waals surface area contributed by atoms with E-state index in [0.29, 0.717) is 32.0 Å². The highest BCUT2D eigenvalue weighted by Crippen LogP contribution is 2.25. The van der Waals surface area contributed by atoms with Crippen LogP contribution in [-0.4, -0.2) is 78.5 Å². The van der Waals surface area contributed by atoms with Crippen molar-refractivity contribution in [1.82, 2.24) is 25.8 Å². The highest BCUT2D eigenvalue weighted by molar-refractivity contribution is 14.0. The highest BCUT2D eigenvalue weighted by Gasteiger charge is 2.45. The molecule has 3 amide bonds. The van der Waals surface area contributed by atoms with Gasteiger partial charge in [-0.15, -0.1) is 24.0 Å². The van der Waals surface area contributed by atoms with Crippen LogP contribution in [0.25, 0.3) is 0 Å². The predicted molar refractivity (Wildman–Crippen MR) is 144 cm³/mol. The molecule has 1 unspecified atom stereocenters. The zero-order valence-electron chi connectivity index (χ0n) is 20.8. The minimum atomic E-state index is -0.761. The van der Waals surface area contributed by atoms with Crippen LogP contribution in [0.2, 0.25) is 0 Å². The number of imide groups is 1. The van der Waals surface area contributed by atoms with Crippen LogP contribution in [0.4, 0.5) is 4.79 Å². The molecule has 9 heteroatoms. The van der Waals surface area contributed by atoms with Gasteiger partial charge in [0, 0.05) is 45.3 Å². The molecule has 3 aliphatic rings. The fourth-order valence-electron chi connectivity index (χ4n) is 5.12. The SMILES string of the molecule is CCNC(=NCCCN1C(=O)NC(C)(CC)C1=O)NC1CCN(CC2CCCCC2)CC1.I. The number of hydrogen-bond donors (Lipinski definition) is 3. The normalized spacial score (nSPS) is 25.7. The number of likely N-dealkylation sites (tertiary alicyclic amines) is 1. The van der Waals surface area contributed by atoms with Crippen LogP contribution in [-0.2, 0) is 4.79 Å². The van der Waals surface area contributed by atoms with Gasteiger partial charge in [0.1, 0.15) is 5.54 Å². The van der Waals surface area contributed by atoms with Crippen molar-refractivity contribution in [3.8, 4) is 0 Å². The van der Waals surface area contributed by atoms with E-state index < -0.39 is 5.54 Å². The molecule has 0 aromatic carbocycles. The van der Waals surface area contributed by atoms with Crippen molar-refractivity contribution in [2.45, 2.75) is 90.1 Å². The minimum Gasteiger partial charge on any atom is -0.357 e. The van der Waals surface area contributed by atoms with Crippen molar-refractivity contribution in [3.63, 3.8) is 0 Å². The van der Waals surface area contributed by atoms with Crippen LogP contribution < -0.4 is 16.0 Å². The minimum absolute atomic E-state index is 0. The van der Waals surface area contributed by atoms with E-state index in [1.807, 2.05) is 6.92 Å². The summed E-state index contributed by atoms with van der Waals surface area (Å²) in [5, 5.41) is 9.75. The fraction of sp³-hybridized carbons (Fsp3) is 0.875. The third kappa shape index (κ3) is 7.97. The number of nitrogens with one attached hydrogen (secondary N) is 3. The summed E-state index contributed by atoms with van der Waals surface area (Å²) in [5.41, 5.74) is -0.761. The topological polar surface area (TPSA) is 89.1 Å². The van der Waals surface area contributed by atoms with Gasteiger partial charge in [0.25, 0.3) is 5.91 Å². The lowest BCUT2D eigenvalue weighted by atomic mass is 9.88. The van der Waals surface area contributed by atoms with Gasteiger partial charge in [-0.3, -0.25) is 14.7 Å². The molecule has 1 atom stereocenters. The Morgan fingerprint density at radius 2 is 1.82 bits per heavy atom. The molecule has 1 aliphatic carbocycles. The number of halogens is 1. The predicted octanol–water partition coefficient (Wildman–Crippen LogP) is 3.31. The van der Waals surface area contributed by atoms with Gasteiger partial charge in [0.05, 0.1) is 0 Å². The van der Waals surface area contributed by atoms with Gasteiger partial charge in [-0.2, -0.15) is 0 Å². The maximum Gasteiger partial charge on any atom is 0.325 e. The van der Waals surface area contributed by atoms with Crippen LogP contribution in [0.1, 0.15) is 78.6 Å². The van der Waals surface area contributed by atoms with Crippen molar-refractivity contribution < 1.29 is 9.59 Å². The molecule has 0 aromatic rings. The molecule has 2 aliphatic heterocycles. The number of nitrogens with zero attached hydrogens (tertiary/aromatic N) is 3. The van der Waals surface area contributed by atoms with Gasteiger partial charge in [0.2, 0.25) is 0 Å². The number of amides is 3. The Morgan fingerprint density at radius 3 is 2.42 bits per heavy atom. The fourth-order valence-corrected chi connectivity index (χ4v) is 5.12. The van der Waals surface area contributed by atoms with E-state index in [0.717, 1.165) is 44.4 Å². The first kappa shape index (κ1) is 28.1. The van der Waals surface area contributed by atoms with Gasteiger partial charge in [-0.05, 0) is 58.3 Å². The van der Waals surface area contributed by atoms with Crippen LogP contribution in [0.3, 0.4) is 0 Å². The molecule has 190 valence electrons. The van der Waals surface area contributed by atoms with E-state index in [1.54, 1.807) is 6.92 Å². The van der Waals surface area contributed by atoms with Gasteiger partial charge in [-0.1, -0.05) is 26.2 Å². The Balaban J connectivity index is 0.00000385. The maximum absolute atomic E-state index is 12.5. The first-order chi connectivity index (χ1) is 15.4. The molecule has 3 N–H and O–H groups in total. The molecule has 2 saturated heterocycles. The lowest BCUT2D eigenvalue weighted by Crippen LogP contribution is -2.49. The van der Waals surface area contributed by atoms with Crippen molar-refractivity contribution in [3.05, 3.63) is 0 Å². The van der Waals surface area contributed by atoms with E-state index in [2.05, 4.69) is 27.8 Å². The van der Waals surface area contributed by atoms with Crippen molar-refractivity contribution in [2.24, 2.45) is 10.9 Å². The second-order valence-electron chi connectivity index (χ2n) is 9.91. The molecule has 2 heterocycles. The first-order valence-corrected chi connectivity index (χ1v) is 12.9. The van der Waals surface area contributed by atoms with E-state index in [4.69, 9.17) is 4.99 Å². The molecule has 33 heavy (non-hydrogen) atoms. The number of carbonyl (C=O) groups is 2.